The number of aliphatic hydroxyl groups is 1. The lowest BCUT2D eigenvalue weighted by Gasteiger charge is -2.13. The van der Waals surface area contributed by atoms with Gasteiger partial charge >= 0.3 is 0 Å². The van der Waals surface area contributed by atoms with Crippen LogP contribution < -0.4 is 5.32 Å². The normalized spacial score (nSPS) is 12.2. The summed E-state index contributed by atoms with van der Waals surface area (Å²) in [5, 5.41) is 12.4. The average molecular weight is 262 g/mol. The van der Waals surface area contributed by atoms with Gasteiger partial charge in [0.05, 0.1) is 5.56 Å². The first-order valence-corrected chi connectivity index (χ1v) is 5.91. The number of rotatable bonds is 4. The molecule has 0 bridgehead atoms. The monoisotopic (exact) mass is 262 g/mol. The van der Waals surface area contributed by atoms with Crippen LogP contribution in [0.1, 0.15) is 22.2 Å². The molecule has 2 N–H and O–H groups in total. The molecule has 0 aliphatic carbocycles. The summed E-state index contributed by atoms with van der Waals surface area (Å²) in [6, 6.07) is 9.30. The second kappa shape index (κ2) is 5.67. The molecule has 0 spiro atoms. The van der Waals surface area contributed by atoms with E-state index >= 15 is 0 Å². The number of hydrogen-bond donors (Lipinski definition) is 2. The van der Waals surface area contributed by atoms with Crippen LogP contribution in [0.4, 0.5) is 4.39 Å². The van der Waals surface area contributed by atoms with Crippen molar-refractivity contribution in [3.8, 4) is 0 Å². The zero-order chi connectivity index (χ0) is 13.8. The van der Waals surface area contributed by atoms with E-state index in [0.29, 0.717) is 5.69 Å². The van der Waals surface area contributed by atoms with Crippen molar-refractivity contribution in [3.63, 3.8) is 0 Å². The van der Waals surface area contributed by atoms with Crippen LogP contribution in [0.2, 0.25) is 0 Å². The van der Waals surface area contributed by atoms with Gasteiger partial charge in [0.15, 0.2) is 0 Å². The fourth-order valence-electron chi connectivity index (χ4n) is 1.86. The Balaban J connectivity index is 1.98. The maximum absolute atomic E-state index is 13.4. The summed E-state index contributed by atoms with van der Waals surface area (Å²) in [5.41, 5.74) is 0.662. The Hall–Kier alpha value is -2.14. The summed E-state index contributed by atoms with van der Waals surface area (Å²) >= 11 is 0. The van der Waals surface area contributed by atoms with Gasteiger partial charge in [-0.1, -0.05) is 12.1 Å². The van der Waals surface area contributed by atoms with Gasteiger partial charge in [0.2, 0.25) is 0 Å². The summed E-state index contributed by atoms with van der Waals surface area (Å²) < 4.78 is 15.1. The lowest BCUT2D eigenvalue weighted by atomic mass is 10.2. The fourth-order valence-corrected chi connectivity index (χ4v) is 1.86. The van der Waals surface area contributed by atoms with Gasteiger partial charge in [0, 0.05) is 25.5 Å². The number of nitrogens with zero attached hydrogens (tertiary/aromatic N) is 1. The van der Waals surface area contributed by atoms with Gasteiger partial charge in [-0.3, -0.25) is 4.79 Å². The van der Waals surface area contributed by atoms with Gasteiger partial charge in [-0.15, -0.1) is 0 Å². The van der Waals surface area contributed by atoms with Crippen molar-refractivity contribution in [3.05, 3.63) is 59.7 Å². The second-order valence-electron chi connectivity index (χ2n) is 4.25. The Labute approximate surface area is 110 Å². The molecule has 1 aromatic carbocycles. The van der Waals surface area contributed by atoms with Crippen LogP contribution in [-0.4, -0.2) is 22.1 Å². The predicted octanol–water partition coefficient (Wildman–Crippen LogP) is 1.63. The molecule has 5 heteroatoms. The van der Waals surface area contributed by atoms with Crippen molar-refractivity contribution in [2.24, 2.45) is 7.05 Å². The molecule has 0 saturated carbocycles. The molecule has 19 heavy (non-hydrogen) atoms. The minimum absolute atomic E-state index is 0.0263. The minimum Gasteiger partial charge on any atom is -0.385 e. The van der Waals surface area contributed by atoms with Crippen molar-refractivity contribution in [2.45, 2.75) is 6.10 Å². The highest BCUT2D eigenvalue weighted by Gasteiger charge is 2.14. The van der Waals surface area contributed by atoms with Gasteiger partial charge in [0.25, 0.3) is 5.91 Å². The maximum Gasteiger partial charge on any atom is 0.254 e. The number of benzene rings is 1. The van der Waals surface area contributed by atoms with Gasteiger partial charge in [0.1, 0.15) is 11.9 Å². The molecule has 0 aliphatic heterocycles. The SMILES string of the molecule is Cn1cccc1C(O)CNC(=O)c1ccccc1F. The number of aryl methyl sites for hydroxylation is 1. The molecule has 2 aromatic rings. The first-order valence-electron chi connectivity index (χ1n) is 5.91. The number of amides is 1. The number of carbonyl (C=O) groups excluding carboxylic acids is 1. The number of nitrogens with one attached hydrogen (secondary N) is 1. The second-order valence-corrected chi connectivity index (χ2v) is 4.25. The van der Waals surface area contributed by atoms with E-state index in [1.807, 2.05) is 0 Å². The molecule has 1 atom stereocenters. The lowest BCUT2D eigenvalue weighted by Crippen LogP contribution is -2.29. The van der Waals surface area contributed by atoms with Crippen molar-refractivity contribution < 1.29 is 14.3 Å². The molecule has 100 valence electrons. The number of hydrogen-bond acceptors (Lipinski definition) is 2. The van der Waals surface area contributed by atoms with Gasteiger partial charge in [-0.05, 0) is 24.3 Å². The highest BCUT2D eigenvalue weighted by atomic mass is 19.1. The largest absolute Gasteiger partial charge is 0.385 e. The molecule has 2 rings (SSSR count). The first kappa shape index (κ1) is 13.3. The molecule has 1 aromatic heterocycles. The van der Waals surface area contributed by atoms with Gasteiger partial charge < -0.3 is 15.0 Å². The molecule has 1 heterocycles. The van der Waals surface area contributed by atoms with E-state index in [4.69, 9.17) is 0 Å². The number of aliphatic hydroxyl groups excluding tert-OH is 1. The predicted molar refractivity (Wildman–Crippen MR) is 69.1 cm³/mol. The van der Waals surface area contributed by atoms with Crippen LogP contribution >= 0.6 is 0 Å². The van der Waals surface area contributed by atoms with E-state index in [-0.39, 0.29) is 12.1 Å². The highest BCUT2D eigenvalue weighted by Crippen LogP contribution is 2.12. The summed E-state index contributed by atoms with van der Waals surface area (Å²) in [6.07, 6.45) is 0.979. The lowest BCUT2D eigenvalue weighted by molar-refractivity contribution is 0.0908. The van der Waals surface area contributed by atoms with E-state index < -0.39 is 17.8 Å². The Bertz CT molecular complexity index is 580. The summed E-state index contributed by atoms with van der Waals surface area (Å²) in [4.78, 5) is 11.8. The van der Waals surface area contributed by atoms with Crippen molar-refractivity contribution in [1.29, 1.82) is 0 Å². The third-order valence-corrected chi connectivity index (χ3v) is 2.90. The third kappa shape index (κ3) is 3.00. The molecular formula is C14H15FN2O2. The third-order valence-electron chi connectivity index (χ3n) is 2.90. The smallest absolute Gasteiger partial charge is 0.254 e. The van der Waals surface area contributed by atoms with Gasteiger partial charge in [-0.2, -0.15) is 0 Å². The number of aromatic nitrogens is 1. The molecule has 4 nitrogen and oxygen atoms in total. The topological polar surface area (TPSA) is 54.3 Å². The first-order chi connectivity index (χ1) is 9.09. The molecular weight excluding hydrogens is 247 g/mol. The van der Waals surface area contributed by atoms with Crippen LogP contribution in [0.3, 0.4) is 0 Å². The van der Waals surface area contributed by atoms with Crippen LogP contribution in [0, 0.1) is 5.82 Å². The van der Waals surface area contributed by atoms with E-state index in [0.717, 1.165) is 0 Å². The Morgan fingerprint density at radius 2 is 2.11 bits per heavy atom. The Morgan fingerprint density at radius 1 is 1.37 bits per heavy atom. The molecule has 1 amide bonds. The Kier molecular flexibility index (Phi) is 3.97. The van der Waals surface area contributed by atoms with Crippen LogP contribution in [0.25, 0.3) is 0 Å². The van der Waals surface area contributed by atoms with Gasteiger partial charge in [-0.25, -0.2) is 4.39 Å². The average Bonchev–Trinajstić information content (AvgIpc) is 2.82. The zero-order valence-corrected chi connectivity index (χ0v) is 10.5. The standard InChI is InChI=1S/C14H15FN2O2/c1-17-8-4-7-12(17)13(18)9-16-14(19)10-5-2-3-6-11(10)15/h2-8,13,18H,9H2,1H3,(H,16,19). The zero-order valence-electron chi connectivity index (χ0n) is 10.5. The van der Waals surface area contributed by atoms with Crippen molar-refractivity contribution in [2.75, 3.05) is 6.54 Å². The maximum atomic E-state index is 13.4. The van der Waals surface area contributed by atoms with E-state index in [9.17, 15) is 14.3 Å². The quantitative estimate of drug-likeness (QED) is 0.880. The molecule has 0 aliphatic rings. The summed E-state index contributed by atoms with van der Waals surface area (Å²) in [5.74, 6) is -1.11. The summed E-state index contributed by atoms with van der Waals surface area (Å²) in [6.45, 7) is 0.0328. The molecule has 0 fully saturated rings. The van der Waals surface area contributed by atoms with E-state index in [2.05, 4.69) is 5.32 Å². The van der Waals surface area contributed by atoms with E-state index in [1.54, 1.807) is 36.0 Å². The van der Waals surface area contributed by atoms with Crippen LogP contribution in [-0.2, 0) is 7.05 Å². The molecule has 0 radical (unpaired) electrons. The van der Waals surface area contributed by atoms with Crippen molar-refractivity contribution >= 4 is 5.91 Å². The van der Waals surface area contributed by atoms with Crippen LogP contribution in [0.15, 0.2) is 42.6 Å². The highest BCUT2D eigenvalue weighted by molar-refractivity contribution is 5.94. The summed E-state index contributed by atoms with van der Waals surface area (Å²) in [7, 11) is 1.80. The Morgan fingerprint density at radius 3 is 2.74 bits per heavy atom. The van der Waals surface area contributed by atoms with Crippen LogP contribution in [0.5, 0.6) is 0 Å². The van der Waals surface area contributed by atoms with E-state index in [1.165, 1.54) is 18.2 Å². The number of carbonyl (C=O) groups is 1. The molecule has 1 unspecified atom stereocenters. The number of halogens is 1. The fraction of sp³-hybridized carbons (Fsp3) is 0.214. The minimum atomic E-state index is -0.823. The van der Waals surface area contributed by atoms with Crippen molar-refractivity contribution in [1.82, 2.24) is 9.88 Å². The molecule has 0 saturated heterocycles.